The predicted molar refractivity (Wildman–Crippen MR) is 60.3 cm³/mol. The smallest absolute Gasteiger partial charge is 0.141 e. The monoisotopic (exact) mass is 217 g/mol. The van der Waals surface area contributed by atoms with E-state index in [1.54, 1.807) is 6.07 Å². The molecule has 0 radical (unpaired) electrons. The van der Waals surface area contributed by atoms with E-state index in [2.05, 4.69) is 6.07 Å². The Morgan fingerprint density at radius 3 is 2.69 bits per heavy atom. The molecule has 1 aliphatic rings. The third-order valence-electron chi connectivity index (χ3n) is 2.93. The zero-order valence-electron chi connectivity index (χ0n) is 9.15. The first kappa shape index (κ1) is 10.8. The zero-order chi connectivity index (χ0) is 11.4. The Morgan fingerprint density at radius 2 is 2.00 bits per heavy atom. The van der Waals surface area contributed by atoms with Crippen molar-refractivity contribution in [3.63, 3.8) is 0 Å². The molecule has 0 amide bonds. The highest BCUT2D eigenvalue weighted by Crippen LogP contribution is 2.28. The summed E-state index contributed by atoms with van der Waals surface area (Å²) in [4.78, 5) is 0. The number of phenolic OH excluding ortho intramolecular Hbond substituents is 1. The van der Waals surface area contributed by atoms with Gasteiger partial charge in [0.2, 0.25) is 0 Å². The van der Waals surface area contributed by atoms with Crippen LogP contribution in [0.15, 0.2) is 18.2 Å². The fourth-order valence-electron chi connectivity index (χ4n) is 2.06. The maximum Gasteiger partial charge on any atom is 0.141 e. The molecular formula is C13H15NO2. The summed E-state index contributed by atoms with van der Waals surface area (Å²) in [7, 11) is 0. The van der Waals surface area contributed by atoms with E-state index >= 15 is 0 Å². The van der Waals surface area contributed by atoms with Crippen LogP contribution in [0.4, 0.5) is 0 Å². The van der Waals surface area contributed by atoms with Gasteiger partial charge in [0, 0.05) is 6.07 Å². The van der Waals surface area contributed by atoms with E-state index in [-0.39, 0.29) is 11.9 Å². The number of rotatable bonds is 2. The van der Waals surface area contributed by atoms with E-state index in [0.717, 1.165) is 12.8 Å². The summed E-state index contributed by atoms with van der Waals surface area (Å²) in [5, 5.41) is 18.3. The highest BCUT2D eigenvalue weighted by Gasteiger charge is 2.16. The largest absolute Gasteiger partial charge is 0.508 e. The van der Waals surface area contributed by atoms with Crippen molar-refractivity contribution in [3.8, 4) is 17.6 Å². The van der Waals surface area contributed by atoms with Gasteiger partial charge in [-0.1, -0.05) is 6.42 Å². The fraction of sp³-hybridized carbons (Fsp3) is 0.462. The minimum absolute atomic E-state index is 0.143. The van der Waals surface area contributed by atoms with Gasteiger partial charge in [-0.3, -0.25) is 0 Å². The molecular weight excluding hydrogens is 202 g/mol. The van der Waals surface area contributed by atoms with Gasteiger partial charge in [0.05, 0.1) is 11.7 Å². The van der Waals surface area contributed by atoms with Crippen molar-refractivity contribution in [1.82, 2.24) is 0 Å². The second kappa shape index (κ2) is 4.89. The van der Waals surface area contributed by atoms with Crippen molar-refractivity contribution < 1.29 is 9.84 Å². The van der Waals surface area contributed by atoms with Crippen LogP contribution in [0.3, 0.4) is 0 Å². The standard InChI is InChI=1S/C13H15NO2/c14-9-10-6-7-11(15)8-13(10)16-12-4-2-1-3-5-12/h6-8,12,15H,1-5H2. The molecule has 1 fully saturated rings. The molecule has 16 heavy (non-hydrogen) atoms. The topological polar surface area (TPSA) is 53.2 Å². The Kier molecular flexibility index (Phi) is 3.31. The van der Waals surface area contributed by atoms with Crippen molar-refractivity contribution in [1.29, 1.82) is 5.26 Å². The van der Waals surface area contributed by atoms with Crippen LogP contribution in [0.5, 0.6) is 11.5 Å². The van der Waals surface area contributed by atoms with Gasteiger partial charge in [0.15, 0.2) is 0 Å². The molecule has 0 heterocycles. The van der Waals surface area contributed by atoms with Crippen molar-refractivity contribution in [2.45, 2.75) is 38.2 Å². The first-order valence-electron chi connectivity index (χ1n) is 5.69. The maximum absolute atomic E-state index is 9.37. The average molecular weight is 217 g/mol. The van der Waals surface area contributed by atoms with Crippen LogP contribution in [-0.4, -0.2) is 11.2 Å². The lowest BCUT2D eigenvalue weighted by Crippen LogP contribution is -2.20. The lowest BCUT2D eigenvalue weighted by molar-refractivity contribution is 0.154. The van der Waals surface area contributed by atoms with Crippen LogP contribution < -0.4 is 4.74 Å². The van der Waals surface area contributed by atoms with Gasteiger partial charge < -0.3 is 9.84 Å². The summed E-state index contributed by atoms with van der Waals surface area (Å²) in [5.41, 5.74) is 0.489. The quantitative estimate of drug-likeness (QED) is 0.828. The normalized spacial score (nSPS) is 16.7. The molecule has 3 nitrogen and oxygen atoms in total. The van der Waals surface area contributed by atoms with Crippen LogP contribution in [0.25, 0.3) is 0 Å². The molecule has 1 aliphatic carbocycles. The van der Waals surface area contributed by atoms with Crippen LogP contribution in [0.2, 0.25) is 0 Å². The van der Waals surface area contributed by atoms with Crippen molar-refractivity contribution in [2.24, 2.45) is 0 Å². The second-order valence-corrected chi connectivity index (χ2v) is 4.17. The Hall–Kier alpha value is -1.69. The van der Waals surface area contributed by atoms with Crippen molar-refractivity contribution in [2.75, 3.05) is 0 Å². The molecule has 1 saturated carbocycles. The first-order chi connectivity index (χ1) is 7.79. The summed E-state index contributed by atoms with van der Waals surface area (Å²) in [6.45, 7) is 0. The summed E-state index contributed by atoms with van der Waals surface area (Å²) in [6, 6.07) is 6.69. The number of phenols is 1. The molecule has 1 aromatic carbocycles. The molecule has 1 N–H and O–H groups in total. The lowest BCUT2D eigenvalue weighted by Gasteiger charge is -2.23. The first-order valence-corrected chi connectivity index (χ1v) is 5.69. The van der Waals surface area contributed by atoms with Gasteiger partial charge in [-0.25, -0.2) is 0 Å². The number of benzene rings is 1. The van der Waals surface area contributed by atoms with Gasteiger partial charge >= 0.3 is 0 Å². The molecule has 3 heteroatoms. The van der Waals surface area contributed by atoms with Gasteiger partial charge in [-0.2, -0.15) is 5.26 Å². The summed E-state index contributed by atoms with van der Waals surface area (Å²) < 4.78 is 5.78. The van der Waals surface area contributed by atoms with Gasteiger partial charge in [-0.15, -0.1) is 0 Å². The Morgan fingerprint density at radius 1 is 1.25 bits per heavy atom. The van der Waals surface area contributed by atoms with E-state index in [1.165, 1.54) is 31.4 Å². The van der Waals surface area contributed by atoms with E-state index in [0.29, 0.717) is 11.3 Å². The van der Waals surface area contributed by atoms with E-state index in [9.17, 15) is 5.11 Å². The summed E-state index contributed by atoms with van der Waals surface area (Å²) >= 11 is 0. The zero-order valence-corrected chi connectivity index (χ0v) is 9.15. The Bertz CT molecular complexity index is 403. The van der Waals surface area contributed by atoms with Gasteiger partial charge in [0.1, 0.15) is 17.6 Å². The third kappa shape index (κ3) is 2.46. The third-order valence-corrected chi connectivity index (χ3v) is 2.93. The van der Waals surface area contributed by atoms with Crippen LogP contribution >= 0.6 is 0 Å². The number of nitriles is 1. The van der Waals surface area contributed by atoms with E-state index < -0.39 is 0 Å². The number of aromatic hydroxyl groups is 1. The fourth-order valence-corrected chi connectivity index (χ4v) is 2.06. The van der Waals surface area contributed by atoms with Crippen LogP contribution in [0.1, 0.15) is 37.7 Å². The molecule has 0 bridgehead atoms. The number of hydrogen-bond donors (Lipinski definition) is 1. The second-order valence-electron chi connectivity index (χ2n) is 4.17. The predicted octanol–water partition coefficient (Wildman–Crippen LogP) is 2.98. The Labute approximate surface area is 95.3 Å². The lowest BCUT2D eigenvalue weighted by atomic mass is 9.98. The van der Waals surface area contributed by atoms with Gasteiger partial charge in [-0.05, 0) is 37.8 Å². The maximum atomic E-state index is 9.37. The summed E-state index contributed by atoms with van der Waals surface area (Å²) in [6.07, 6.45) is 5.92. The number of ether oxygens (including phenoxy) is 1. The van der Waals surface area contributed by atoms with Crippen LogP contribution in [-0.2, 0) is 0 Å². The van der Waals surface area contributed by atoms with Crippen molar-refractivity contribution >= 4 is 0 Å². The molecule has 84 valence electrons. The highest BCUT2D eigenvalue weighted by atomic mass is 16.5. The Balaban J connectivity index is 2.13. The van der Waals surface area contributed by atoms with E-state index in [1.807, 2.05) is 0 Å². The minimum Gasteiger partial charge on any atom is -0.508 e. The molecule has 1 aromatic rings. The van der Waals surface area contributed by atoms with Gasteiger partial charge in [0.25, 0.3) is 0 Å². The average Bonchev–Trinajstić information content (AvgIpc) is 2.31. The number of nitrogens with zero attached hydrogens (tertiary/aromatic N) is 1. The molecule has 0 aromatic heterocycles. The molecule has 0 unspecified atom stereocenters. The minimum atomic E-state index is 0.143. The molecule has 0 saturated heterocycles. The SMILES string of the molecule is N#Cc1ccc(O)cc1OC1CCCCC1. The van der Waals surface area contributed by atoms with Crippen LogP contribution in [0, 0.1) is 11.3 Å². The molecule has 2 rings (SSSR count). The molecule has 0 aliphatic heterocycles. The summed E-state index contributed by atoms with van der Waals surface area (Å²) in [5.74, 6) is 0.652. The van der Waals surface area contributed by atoms with Crippen molar-refractivity contribution in [3.05, 3.63) is 23.8 Å². The molecule has 0 spiro atoms. The molecule has 0 atom stereocenters. The highest BCUT2D eigenvalue weighted by molar-refractivity contribution is 5.47. The van der Waals surface area contributed by atoms with E-state index in [4.69, 9.17) is 10.00 Å². The number of hydrogen-bond acceptors (Lipinski definition) is 3.